The van der Waals surface area contributed by atoms with E-state index in [4.69, 9.17) is 4.74 Å². The predicted octanol–water partition coefficient (Wildman–Crippen LogP) is 5.08. The summed E-state index contributed by atoms with van der Waals surface area (Å²) in [5.74, 6) is 2.25. The average Bonchev–Trinajstić information content (AvgIpc) is 2.47. The van der Waals surface area contributed by atoms with Crippen LogP contribution in [0.3, 0.4) is 0 Å². The SMILES string of the molecule is CC1CCC(C2CCC(C3CC(F)CC(F)C3)CC2)OC1. The zero-order valence-electron chi connectivity index (χ0n) is 13.3. The second kappa shape index (κ2) is 6.93. The van der Waals surface area contributed by atoms with E-state index in [1.807, 2.05) is 0 Å². The molecule has 4 atom stereocenters. The van der Waals surface area contributed by atoms with Crippen LogP contribution in [0.2, 0.25) is 0 Å². The minimum Gasteiger partial charge on any atom is -0.378 e. The molecule has 1 saturated heterocycles. The summed E-state index contributed by atoms with van der Waals surface area (Å²) in [6, 6.07) is 0. The number of hydrogen-bond donors (Lipinski definition) is 0. The maximum absolute atomic E-state index is 13.6. The predicted molar refractivity (Wildman–Crippen MR) is 80.7 cm³/mol. The molecule has 0 aromatic carbocycles. The molecule has 1 nitrogen and oxygen atoms in total. The Morgan fingerprint density at radius 2 is 1.33 bits per heavy atom. The molecule has 122 valence electrons. The molecule has 0 aromatic rings. The van der Waals surface area contributed by atoms with Gasteiger partial charge in [0.15, 0.2) is 0 Å². The third kappa shape index (κ3) is 3.97. The highest BCUT2D eigenvalue weighted by atomic mass is 19.1. The highest BCUT2D eigenvalue weighted by Crippen LogP contribution is 2.43. The van der Waals surface area contributed by atoms with E-state index in [1.165, 1.54) is 25.7 Å². The van der Waals surface area contributed by atoms with Crippen molar-refractivity contribution in [3.05, 3.63) is 0 Å². The normalized spacial score (nSPS) is 49.0. The zero-order valence-corrected chi connectivity index (χ0v) is 13.3. The van der Waals surface area contributed by atoms with Gasteiger partial charge >= 0.3 is 0 Å². The first-order valence-electron chi connectivity index (χ1n) is 9.01. The van der Waals surface area contributed by atoms with E-state index in [1.54, 1.807) is 0 Å². The second-order valence-corrected chi connectivity index (χ2v) is 7.89. The van der Waals surface area contributed by atoms with Crippen LogP contribution in [0.1, 0.15) is 64.7 Å². The molecule has 3 fully saturated rings. The summed E-state index contributed by atoms with van der Waals surface area (Å²) in [7, 11) is 0. The van der Waals surface area contributed by atoms with Crippen molar-refractivity contribution in [1.82, 2.24) is 0 Å². The summed E-state index contributed by atoms with van der Waals surface area (Å²) in [4.78, 5) is 0. The van der Waals surface area contributed by atoms with Gasteiger partial charge in [-0.3, -0.25) is 0 Å². The fraction of sp³-hybridized carbons (Fsp3) is 1.00. The standard InChI is InChI=1S/C18H30F2O/c1-12-2-7-18(21-11-12)14-5-3-13(4-6-14)15-8-16(19)10-17(20)9-15/h12-18H,2-11H2,1H3. The van der Waals surface area contributed by atoms with Crippen molar-refractivity contribution in [3.8, 4) is 0 Å². The first-order chi connectivity index (χ1) is 10.1. The van der Waals surface area contributed by atoms with Crippen LogP contribution in [-0.2, 0) is 4.74 Å². The van der Waals surface area contributed by atoms with Crippen LogP contribution in [0.15, 0.2) is 0 Å². The first-order valence-corrected chi connectivity index (χ1v) is 9.01. The van der Waals surface area contributed by atoms with E-state index in [0.717, 1.165) is 19.4 Å². The fourth-order valence-corrected chi connectivity index (χ4v) is 4.87. The van der Waals surface area contributed by atoms with Crippen LogP contribution in [-0.4, -0.2) is 25.1 Å². The number of rotatable bonds is 2. The summed E-state index contributed by atoms with van der Waals surface area (Å²) in [5.41, 5.74) is 0. The molecule has 3 rings (SSSR count). The molecule has 4 unspecified atom stereocenters. The Morgan fingerprint density at radius 3 is 1.90 bits per heavy atom. The molecule has 1 heterocycles. The molecule has 0 bridgehead atoms. The largest absolute Gasteiger partial charge is 0.378 e. The molecule has 0 spiro atoms. The van der Waals surface area contributed by atoms with Gasteiger partial charge < -0.3 is 4.74 Å². The van der Waals surface area contributed by atoms with Crippen molar-refractivity contribution >= 4 is 0 Å². The van der Waals surface area contributed by atoms with Crippen molar-refractivity contribution in [2.24, 2.45) is 23.7 Å². The summed E-state index contributed by atoms with van der Waals surface area (Å²) in [6.45, 7) is 3.18. The Labute approximate surface area is 127 Å². The van der Waals surface area contributed by atoms with Gasteiger partial charge in [0.2, 0.25) is 0 Å². The van der Waals surface area contributed by atoms with Gasteiger partial charge in [-0.05, 0) is 75.0 Å². The summed E-state index contributed by atoms with van der Waals surface area (Å²) >= 11 is 0. The first kappa shape index (κ1) is 15.7. The van der Waals surface area contributed by atoms with E-state index >= 15 is 0 Å². The minimum absolute atomic E-state index is 0.139. The molecule has 2 aliphatic carbocycles. The molecular weight excluding hydrogens is 270 g/mol. The van der Waals surface area contributed by atoms with E-state index in [2.05, 4.69) is 6.92 Å². The van der Waals surface area contributed by atoms with E-state index in [9.17, 15) is 8.78 Å². The number of alkyl halides is 2. The second-order valence-electron chi connectivity index (χ2n) is 7.89. The molecular formula is C18H30F2O. The number of halogens is 2. The van der Waals surface area contributed by atoms with Crippen LogP contribution in [0.25, 0.3) is 0 Å². The number of ether oxygens (including phenoxy) is 1. The smallest absolute Gasteiger partial charge is 0.103 e. The van der Waals surface area contributed by atoms with E-state index < -0.39 is 12.3 Å². The Kier molecular flexibility index (Phi) is 5.19. The van der Waals surface area contributed by atoms with Crippen LogP contribution in [0.5, 0.6) is 0 Å². The maximum atomic E-state index is 13.6. The topological polar surface area (TPSA) is 9.23 Å². The van der Waals surface area contributed by atoms with E-state index in [0.29, 0.717) is 36.7 Å². The van der Waals surface area contributed by atoms with Crippen LogP contribution in [0.4, 0.5) is 8.78 Å². The van der Waals surface area contributed by atoms with Gasteiger partial charge in [-0.1, -0.05) is 6.92 Å². The monoisotopic (exact) mass is 300 g/mol. The van der Waals surface area contributed by atoms with Gasteiger partial charge in [-0.15, -0.1) is 0 Å². The molecule has 0 amide bonds. The molecule has 3 heteroatoms. The summed E-state index contributed by atoms with van der Waals surface area (Å²) in [5, 5.41) is 0. The van der Waals surface area contributed by atoms with Gasteiger partial charge in [0.1, 0.15) is 12.3 Å². The molecule has 1 aliphatic heterocycles. The molecule has 0 radical (unpaired) electrons. The highest BCUT2D eigenvalue weighted by molar-refractivity contribution is 4.87. The third-order valence-corrected chi connectivity index (χ3v) is 6.18. The fourth-order valence-electron chi connectivity index (χ4n) is 4.87. The van der Waals surface area contributed by atoms with Crippen LogP contribution < -0.4 is 0 Å². The number of hydrogen-bond acceptors (Lipinski definition) is 1. The molecule has 21 heavy (non-hydrogen) atoms. The molecule has 0 N–H and O–H groups in total. The minimum atomic E-state index is -0.903. The zero-order chi connectivity index (χ0) is 14.8. The lowest BCUT2D eigenvalue weighted by Gasteiger charge is -2.41. The van der Waals surface area contributed by atoms with Crippen LogP contribution >= 0.6 is 0 Å². The quantitative estimate of drug-likeness (QED) is 0.690. The van der Waals surface area contributed by atoms with Crippen molar-refractivity contribution in [2.75, 3.05) is 6.61 Å². The maximum Gasteiger partial charge on any atom is 0.103 e. The Morgan fingerprint density at radius 1 is 0.714 bits per heavy atom. The van der Waals surface area contributed by atoms with Crippen molar-refractivity contribution in [3.63, 3.8) is 0 Å². The summed E-state index contributed by atoms with van der Waals surface area (Å²) < 4.78 is 33.2. The van der Waals surface area contributed by atoms with Gasteiger partial charge in [-0.2, -0.15) is 0 Å². The van der Waals surface area contributed by atoms with Gasteiger partial charge in [0.25, 0.3) is 0 Å². The summed E-state index contributed by atoms with van der Waals surface area (Å²) in [6.07, 6.45) is 7.21. The Balaban J connectivity index is 1.46. The van der Waals surface area contributed by atoms with Crippen molar-refractivity contribution in [1.29, 1.82) is 0 Å². The van der Waals surface area contributed by atoms with Crippen molar-refractivity contribution < 1.29 is 13.5 Å². The third-order valence-electron chi connectivity index (χ3n) is 6.18. The molecule has 0 aromatic heterocycles. The molecule has 3 aliphatic rings. The lowest BCUT2D eigenvalue weighted by molar-refractivity contribution is -0.0581. The van der Waals surface area contributed by atoms with Gasteiger partial charge in [-0.25, -0.2) is 8.78 Å². The van der Waals surface area contributed by atoms with Gasteiger partial charge in [0, 0.05) is 13.0 Å². The van der Waals surface area contributed by atoms with E-state index in [-0.39, 0.29) is 12.3 Å². The highest BCUT2D eigenvalue weighted by Gasteiger charge is 2.37. The lowest BCUT2D eigenvalue weighted by Crippen LogP contribution is -2.36. The van der Waals surface area contributed by atoms with Crippen LogP contribution in [0, 0.1) is 23.7 Å². The average molecular weight is 300 g/mol. The Hall–Kier alpha value is -0.180. The lowest BCUT2D eigenvalue weighted by atomic mass is 9.69. The van der Waals surface area contributed by atoms with Gasteiger partial charge in [0.05, 0.1) is 6.10 Å². The van der Waals surface area contributed by atoms with Crippen molar-refractivity contribution in [2.45, 2.75) is 83.2 Å². The Bertz CT molecular complexity index is 309. The molecule has 2 saturated carbocycles.